The number of benzene rings is 2. The molecule has 1 aliphatic heterocycles. The number of para-hydroxylation sites is 1. The maximum atomic E-state index is 12.3. The Balaban J connectivity index is 1.59. The van der Waals surface area contributed by atoms with E-state index in [1.807, 2.05) is 0 Å². The molecule has 1 saturated heterocycles. The van der Waals surface area contributed by atoms with Crippen molar-refractivity contribution in [3.63, 3.8) is 0 Å². The molecular weight excluding hydrogens is 336 g/mol. The lowest BCUT2D eigenvalue weighted by atomic mass is 10.2. The number of ether oxygens (including phenoxy) is 3. The Morgan fingerprint density at radius 3 is 2.58 bits per heavy atom. The van der Waals surface area contributed by atoms with E-state index in [1.54, 1.807) is 55.6 Å². The average Bonchev–Trinajstić information content (AvgIpc) is 3.06. The van der Waals surface area contributed by atoms with Gasteiger partial charge >= 0.3 is 6.09 Å². The molecule has 1 aliphatic rings. The Bertz CT molecular complexity index is 791. The van der Waals surface area contributed by atoms with Crippen molar-refractivity contribution >= 4 is 17.7 Å². The fourth-order valence-electron chi connectivity index (χ4n) is 2.73. The highest BCUT2D eigenvalue weighted by molar-refractivity contribution is 5.97. The summed E-state index contributed by atoms with van der Waals surface area (Å²) in [4.78, 5) is 25.9. The third-order valence-corrected chi connectivity index (χ3v) is 4.10. The van der Waals surface area contributed by atoms with Gasteiger partial charge in [-0.3, -0.25) is 9.69 Å². The van der Waals surface area contributed by atoms with Crippen LogP contribution >= 0.6 is 0 Å². The lowest BCUT2D eigenvalue weighted by Crippen LogP contribution is -2.34. The van der Waals surface area contributed by atoms with Crippen molar-refractivity contribution in [2.24, 2.45) is 0 Å². The number of hydrogen-bond donors (Lipinski definition) is 1. The van der Waals surface area contributed by atoms with E-state index in [-0.39, 0.29) is 12.5 Å². The van der Waals surface area contributed by atoms with Crippen LogP contribution in [0.1, 0.15) is 10.4 Å². The summed E-state index contributed by atoms with van der Waals surface area (Å²) in [5.74, 6) is 0.927. The Morgan fingerprint density at radius 1 is 1.15 bits per heavy atom. The molecule has 2 amide bonds. The van der Waals surface area contributed by atoms with Crippen LogP contribution in [0.4, 0.5) is 10.5 Å². The van der Waals surface area contributed by atoms with Gasteiger partial charge in [0.2, 0.25) is 0 Å². The number of nitrogens with zero attached hydrogens (tertiary/aromatic N) is 1. The molecule has 1 fully saturated rings. The van der Waals surface area contributed by atoms with Gasteiger partial charge in [0.1, 0.15) is 17.6 Å². The molecule has 26 heavy (non-hydrogen) atoms. The zero-order valence-electron chi connectivity index (χ0n) is 14.6. The second-order valence-electron chi connectivity index (χ2n) is 5.72. The van der Waals surface area contributed by atoms with Gasteiger partial charge in [0.15, 0.2) is 0 Å². The maximum Gasteiger partial charge on any atom is 0.414 e. The van der Waals surface area contributed by atoms with Crippen molar-refractivity contribution in [1.82, 2.24) is 5.32 Å². The van der Waals surface area contributed by atoms with Crippen LogP contribution in [0.5, 0.6) is 11.5 Å². The number of anilines is 1. The number of cyclic esters (lactones) is 1. The predicted octanol–water partition coefficient (Wildman–Crippen LogP) is 2.46. The van der Waals surface area contributed by atoms with Gasteiger partial charge in [-0.2, -0.15) is 0 Å². The van der Waals surface area contributed by atoms with Crippen molar-refractivity contribution in [2.45, 2.75) is 6.10 Å². The fourth-order valence-corrected chi connectivity index (χ4v) is 2.73. The Morgan fingerprint density at radius 2 is 1.88 bits per heavy atom. The Kier molecular flexibility index (Phi) is 5.26. The fraction of sp³-hybridized carbons (Fsp3) is 0.263. The SMILES string of the molecule is COc1ccc(N2CC(CNC(=O)c3ccccc3OC)OC2=O)cc1. The highest BCUT2D eigenvalue weighted by Gasteiger charge is 2.32. The third-order valence-electron chi connectivity index (χ3n) is 4.10. The molecule has 7 nitrogen and oxygen atoms in total. The molecule has 0 bridgehead atoms. The van der Waals surface area contributed by atoms with Crippen LogP contribution in [0.25, 0.3) is 0 Å². The zero-order chi connectivity index (χ0) is 18.5. The van der Waals surface area contributed by atoms with Gasteiger partial charge in [-0.05, 0) is 36.4 Å². The minimum Gasteiger partial charge on any atom is -0.497 e. The van der Waals surface area contributed by atoms with Gasteiger partial charge in [0, 0.05) is 5.69 Å². The lowest BCUT2D eigenvalue weighted by Gasteiger charge is -2.14. The van der Waals surface area contributed by atoms with Crippen LogP contribution in [0, 0.1) is 0 Å². The monoisotopic (exact) mass is 356 g/mol. The van der Waals surface area contributed by atoms with E-state index in [0.717, 1.165) is 0 Å². The average molecular weight is 356 g/mol. The molecule has 0 aromatic heterocycles. The van der Waals surface area contributed by atoms with E-state index in [1.165, 1.54) is 12.0 Å². The molecule has 0 saturated carbocycles. The number of hydrogen-bond acceptors (Lipinski definition) is 5. The van der Waals surface area contributed by atoms with Crippen LogP contribution in [-0.2, 0) is 4.74 Å². The van der Waals surface area contributed by atoms with E-state index in [9.17, 15) is 9.59 Å². The molecule has 7 heteroatoms. The Hall–Kier alpha value is -3.22. The van der Waals surface area contributed by atoms with Crippen molar-refractivity contribution in [3.8, 4) is 11.5 Å². The van der Waals surface area contributed by atoms with E-state index < -0.39 is 12.2 Å². The highest BCUT2D eigenvalue weighted by atomic mass is 16.6. The quantitative estimate of drug-likeness (QED) is 0.860. The lowest BCUT2D eigenvalue weighted by molar-refractivity contribution is 0.0913. The molecular formula is C19H20N2O5. The largest absolute Gasteiger partial charge is 0.497 e. The summed E-state index contributed by atoms with van der Waals surface area (Å²) >= 11 is 0. The highest BCUT2D eigenvalue weighted by Crippen LogP contribution is 2.24. The van der Waals surface area contributed by atoms with E-state index in [2.05, 4.69) is 5.32 Å². The summed E-state index contributed by atoms with van der Waals surface area (Å²) in [5.41, 5.74) is 1.15. The van der Waals surface area contributed by atoms with Gasteiger partial charge in [-0.25, -0.2) is 4.79 Å². The first-order chi connectivity index (χ1) is 12.6. The minimum atomic E-state index is -0.438. The van der Waals surface area contributed by atoms with Gasteiger partial charge < -0.3 is 19.5 Å². The number of nitrogens with one attached hydrogen (secondary N) is 1. The number of amides is 2. The van der Waals surface area contributed by atoms with Gasteiger partial charge in [0.25, 0.3) is 5.91 Å². The van der Waals surface area contributed by atoms with E-state index in [0.29, 0.717) is 29.3 Å². The number of methoxy groups -OCH3 is 2. The van der Waals surface area contributed by atoms with Crippen LogP contribution in [0.15, 0.2) is 48.5 Å². The summed E-state index contributed by atoms with van der Waals surface area (Å²) in [5, 5.41) is 2.78. The molecule has 1 heterocycles. The van der Waals surface area contributed by atoms with Crippen LogP contribution in [0.3, 0.4) is 0 Å². The smallest absolute Gasteiger partial charge is 0.414 e. The summed E-state index contributed by atoms with van der Waals surface area (Å²) < 4.78 is 15.6. The summed E-state index contributed by atoms with van der Waals surface area (Å²) in [6.07, 6.45) is -0.866. The second kappa shape index (κ2) is 7.77. The van der Waals surface area contributed by atoms with Gasteiger partial charge in [-0.1, -0.05) is 12.1 Å². The summed E-state index contributed by atoms with van der Waals surface area (Å²) in [6, 6.07) is 14.1. The number of rotatable bonds is 6. The second-order valence-corrected chi connectivity index (χ2v) is 5.72. The Labute approximate surface area is 151 Å². The molecule has 0 spiro atoms. The topological polar surface area (TPSA) is 77.1 Å². The van der Waals surface area contributed by atoms with Crippen molar-refractivity contribution in [1.29, 1.82) is 0 Å². The summed E-state index contributed by atoms with van der Waals surface area (Å²) in [7, 11) is 3.09. The predicted molar refractivity (Wildman–Crippen MR) is 95.9 cm³/mol. The summed E-state index contributed by atoms with van der Waals surface area (Å²) in [6.45, 7) is 0.576. The number of carbonyl (C=O) groups is 2. The molecule has 0 aliphatic carbocycles. The van der Waals surface area contributed by atoms with Crippen molar-refractivity contribution in [2.75, 3.05) is 32.2 Å². The first-order valence-corrected chi connectivity index (χ1v) is 8.16. The number of carbonyl (C=O) groups excluding carboxylic acids is 2. The van der Waals surface area contributed by atoms with Crippen molar-refractivity contribution < 1.29 is 23.8 Å². The molecule has 3 rings (SSSR count). The third kappa shape index (κ3) is 3.72. The van der Waals surface area contributed by atoms with Crippen molar-refractivity contribution in [3.05, 3.63) is 54.1 Å². The van der Waals surface area contributed by atoms with E-state index >= 15 is 0 Å². The van der Waals surface area contributed by atoms with E-state index in [4.69, 9.17) is 14.2 Å². The van der Waals surface area contributed by atoms with Gasteiger partial charge in [0.05, 0.1) is 32.9 Å². The normalized spacial score (nSPS) is 16.2. The van der Waals surface area contributed by atoms with Crippen LogP contribution in [0.2, 0.25) is 0 Å². The first kappa shape index (κ1) is 17.6. The first-order valence-electron chi connectivity index (χ1n) is 8.16. The minimum absolute atomic E-state index is 0.218. The molecule has 1 unspecified atom stereocenters. The molecule has 136 valence electrons. The van der Waals surface area contributed by atoms with Crippen LogP contribution in [-0.4, -0.2) is 45.4 Å². The standard InChI is InChI=1S/C19H20N2O5/c1-24-14-9-7-13(8-10-14)21-12-15(26-19(21)23)11-20-18(22)16-5-3-4-6-17(16)25-2/h3-10,15H,11-12H2,1-2H3,(H,20,22). The molecule has 1 N–H and O–H groups in total. The molecule has 1 atom stereocenters. The van der Waals surface area contributed by atoms with Gasteiger partial charge in [-0.15, -0.1) is 0 Å². The molecule has 2 aromatic rings. The molecule has 2 aromatic carbocycles. The molecule has 0 radical (unpaired) electrons. The van der Waals surface area contributed by atoms with Crippen LogP contribution < -0.4 is 19.7 Å². The maximum absolute atomic E-state index is 12.3. The zero-order valence-corrected chi connectivity index (χ0v) is 14.6.